The smallest absolute Gasteiger partial charge is 0.303 e. The number of fused-ring (bicyclic) bond motifs is 5. The fourth-order valence-electron chi connectivity index (χ4n) is 8.39. The summed E-state index contributed by atoms with van der Waals surface area (Å²) in [6, 6.07) is 0. The number of carbonyl (C=O) groups excluding carboxylic acids is 2. The molecule has 0 spiro atoms. The van der Waals surface area contributed by atoms with Gasteiger partial charge in [0.15, 0.2) is 11.5 Å². The summed E-state index contributed by atoms with van der Waals surface area (Å²) in [6.07, 6.45) is -0.785. The first-order valence-corrected chi connectivity index (χ1v) is 12.3. The van der Waals surface area contributed by atoms with E-state index in [0.717, 1.165) is 6.08 Å². The summed E-state index contributed by atoms with van der Waals surface area (Å²) in [5.41, 5.74) is -6.17. The van der Waals surface area contributed by atoms with Crippen LogP contribution in [-0.4, -0.2) is 50.6 Å². The van der Waals surface area contributed by atoms with Crippen LogP contribution in [-0.2, 0) is 14.4 Å². The number of aliphatic hydroxyl groups is 2. The first kappa shape index (κ1) is 25.1. The van der Waals surface area contributed by atoms with Gasteiger partial charge in [0.1, 0.15) is 11.8 Å². The number of Topliss-reactive ketones (excluding diaryl/α,β-unsaturated/α-hetero) is 1. The van der Waals surface area contributed by atoms with E-state index in [0.29, 0.717) is 6.42 Å². The molecule has 4 aliphatic carbocycles. The SMILES string of the molecule is C[C@H]1C[C@H]2[C@@H]3C[C@H](F)C4=CC(=O)C(O)=C(O)[C@]4(C)[C@@]3(F)CC[C@]2(C)[C@@]1(CCC(=O)O)C(=O)CCl. The van der Waals surface area contributed by atoms with E-state index < -0.39 is 63.2 Å². The summed E-state index contributed by atoms with van der Waals surface area (Å²) < 4.78 is 32.8. The van der Waals surface area contributed by atoms with E-state index in [9.17, 15) is 29.7 Å². The third kappa shape index (κ3) is 2.80. The Balaban J connectivity index is 1.85. The second kappa shape index (κ2) is 7.77. The number of hydrogen-bond donors (Lipinski definition) is 3. The summed E-state index contributed by atoms with van der Waals surface area (Å²) in [4.78, 5) is 36.9. The lowest BCUT2D eigenvalue weighted by molar-refractivity contribution is -0.171. The summed E-state index contributed by atoms with van der Waals surface area (Å²) in [5, 5.41) is 30.3. The molecule has 4 rings (SSSR count). The fraction of sp³-hybridized carbons (Fsp3) is 0.720. The highest BCUT2D eigenvalue weighted by atomic mass is 35.5. The van der Waals surface area contributed by atoms with Crippen molar-refractivity contribution in [2.45, 2.75) is 71.1 Å². The van der Waals surface area contributed by atoms with Crippen LogP contribution in [0.15, 0.2) is 23.2 Å². The minimum absolute atomic E-state index is 0.0655. The molecule has 9 heteroatoms. The van der Waals surface area contributed by atoms with E-state index in [4.69, 9.17) is 11.6 Å². The van der Waals surface area contributed by atoms with E-state index >= 15 is 8.78 Å². The highest BCUT2D eigenvalue weighted by Gasteiger charge is 2.75. The van der Waals surface area contributed by atoms with Crippen LogP contribution >= 0.6 is 11.6 Å². The maximum absolute atomic E-state index is 17.2. The van der Waals surface area contributed by atoms with Gasteiger partial charge in [-0.25, -0.2) is 8.78 Å². The lowest BCUT2D eigenvalue weighted by Gasteiger charge is -2.62. The van der Waals surface area contributed by atoms with Crippen LogP contribution in [0.3, 0.4) is 0 Å². The predicted octanol–water partition coefficient (Wildman–Crippen LogP) is 5.01. The standard InChI is InChI=1S/C25H31ClF2O6/c1-12-8-13-14-9-16(27)15-10-17(29)20(33)21(34)23(15,3)25(14,28)7-6-22(13,2)24(12,18(30)11-26)5-4-19(31)32/h10,12-14,16,33-34H,4-9,11H2,1-3H3,(H,31,32)/t12-,13-,14-,16-,22-,23+,24+,25+/m0/s1. The Hall–Kier alpha value is -1.96. The number of aliphatic hydroxyl groups excluding tert-OH is 2. The van der Waals surface area contributed by atoms with Gasteiger partial charge in [0.05, 0.1) is 11.3 Å². The molecular formula is C25H31ClF2O6. The van der Waals surface area contributed by atoms with Gasteiger partial charge in [-0.15, -0.1) is 11.6 Å². The molecule has 6 nitrogen and oxygen atoms in total. The Morgan fingerprint density at radius 1 is 1.18 bits per heavy atom. The molecule has 8 atom stereocenters. The molecule has 188 valence electrons. The van der Waals surface area contributed by atoms with Gasteiger partial charge in [0.2, 0.25) is 11.5 Å². The molecule has 0 saturated heterocycles. The quantitative estimate of drug-likeness (QED) is 0.457. The number of hydrogen-bond acceptors (Lipinski definition) is 5. The summed E-state index contributed by atoms with van der Waals surface area (Å²) >= 11 is 6.01. The summed E-state index contributed by atoms with van der Waals surface area (Å²) in [5.74, 6) is -6.09. The predicted molar refractivity (Wildman–Crippen MR) is 120 cm³/mol. The molecule has 34 heavy (non-hydrogen) atoms. The number of alkyl halides is 3. The van der Waals surface area contributed by atoms with E-state index in [1.54, 1.807) is 0 Å². The van der Waals surface area contributed by atoms with Gasteiger partial charge < -0.3 is 15.3 Å². The normalized spacial score (nSPS) is 45.8. The minimum atomic E-state index is -2.17. The first-order chi connectivity index (χ1) is 15.7. The largest absolute Gasteiger partial charge is 0.507 e. The zero-order valence-electron chi connectivity index (χ0n) is 19.5. The molecule has 3 fully saturated rings. The highest BCUT2D eigenvalue weighted by Crippen LogP contribution is 2.74. The number of aliphatic carboxylic acids is 1. The van der Waals surface area contributed by atoms with Crippen LogP contribution in [0.25, 0.3) is 0 Å². The Morgan fingerprint density at radius 3 is 2.41 bits per heavy atom. The molecule has 0 amide bonds. The van der Waals surface area contributed by atoms with Crippen LogP contribution in [0.4, 0.5) is 8.78 Å². The van der Waals surface area contributed by atoms with Gasteiger partial charge in [-0.3, -0.25) is 14.4 Å². The van der Waals surface area contributed by atoms with Crippen molar-refractivity contribution in [1.29, 1.82) is 0 Å². The van der Waals surface area contributed by atoms with Crippen LogP contribution < -0.4 is 0 Å². The molecule has 0 aliphatic heterocycles. The van der Waals surface area contributed by atoms with Gasteiger partial charge in [-0.2, -0.15) is 0 Å². The maximum atomic E-state index is 17.2. The van der Waals surface area contributed by atoms with E-state index in [1.165, 1.54) is 6.92 Å². The van der Waals surface area contributed by atoms with Gasteiger partial charge in [-0.1, -0.05) is 13.8 Å². The fourth-order valence-corrected chi connectivity index (χ4v) is 8.63. The summed E-state index contributed by atoms with van der Waals surface area (Å²) in [6.45, 7) is 5.05. The Morgan fingerprint density at radius 2 is 1.82 bits per heavy atom. The zero-order valence-corrected chi connectivity index (χ0v) is 20.3. The van der Waals surface area contributed by atoms with Crippen molar-refractivity contribution in [3.63, 3.8) is 0 Å². The third-order valence-electron chi connectivity index (χ3n) is 10.1. The molecule has 0 bridgehead atoms. The molecular weight excluding hydrogens is 470 g/mol. The van der Waals surface area contributed by atoms with Crippen molar-refractivity contribution in [1.82, 2.24) is 0 Å². The van der Waals surface area contributed by atoms with Crippen LogP contribution in [0.5, 0.6) is 0 Å². The molecule has 3 saturated carbocycles. The van der Waals surface area contributed by atoms with Gasteiger partial charge in [0.25, 0.3) is 0 Å². The molecule has 0 aromatic rings. The average Bonchev–Trinajstić information content (AvgIpc) is 3.01. The van der Waals surface area contributed by atoms with Crippen LogP contribution in [0, 0.1) is 34.0 Å². The van der Waals surface area contributed by atoms with Gasteiger partial charge >= 0.3 is 5.97 Å². The van der Waals surface area contributed by atoms with Crippen LogP contribution in [0.1, 0.15) is 59.3 Å². The van der Waals surface area contributed by atoms with Crippen molar-refractivity contribution >= 4 is 29.1 Å². The molecule has 4 aliphatic rings. The van der Waals surface area contributed by atoms with Crippen molar-refractivity contribution in [2.75, 3.05) is 5.88 Å². The Kier molecular flexibility index (Phi) is 5.75. The first-order valence-electron chi connectivity index (χ1n) is 11.8. The maximum Gasteiger partial charge on any atom is 0.303 e. The van der Waals surface area contributed by atoms with E-state index in [-0.39, 0.29) is 55.3 Å². The molecule has 0 radical (unpaired) electrons. The molecule has 0 aromatic heterocycles. The molecule has 0 heterocycles. The number of halogens is 3. The zero-order chi connectivity index (χ0) is 25.4. The Labute approximate surface area is 202 Å². The molecule has 3 N–H and O–H groups in total. The number of carboxylic acids is 1. The van der Waals surface area contributed by atoms with E-state index in [1.807, 2.05) is 13.8 Å². The number of carbonyl (C=O) groups is 3. The second-order valence-electron chi connectivity index (χ2n) is 11.0. The topological polar surface area (TPSA) is 112 Å². The summed E-state index contributed by atoms with van der Waals surface area (Å²) in [7, 11) is 0. The number of allylic oxidation sites excluding steroid dienone is 2. The average molecular weight is 501 g/mol. The lowest BCUT2D eigenvalue weighted by atomic mass is 9.43. The molecule has 0 aromatic carbocycles. The lowest BCUT2D eigenvalue weighted by Crippen LogP contribution is -2.65. The second-order valence-corrected chi connectivity index (χ2v) is 11.3. The number of rotatable bonds is 5. The van der Waals surface area contributed by atoms with Crippen molar-refractivity contribution in [3.05, 3.63) is 23.2 Å². The third-order valence-corrected chi connectivity index (χ3v) is 10.4. The molecule has 0 unspecified atom stereocenters. The van der Waals surface area contributed by atoms with Crippen LogP contribution in [0.2, 0.25) is 0 Å². The van der Waals surface area contributed by atoms with E-state index in [2.05, 4.69) is 0 Å². The Bertz CT molecular complexity index is 1020. The van der Waals surface area contributed by atoms with Gasteiger partial charge in [-0.05, 0) is 67.9 Å². The highest BCUT2D eigenvalue weighted by molar-refractivity contribution is 6.28. The number of carboxylic acid groups (broad SMARTS) is 1. The van der Waals surface area contributed by atoms with Crippen molar-refractivity contribution in [2.24, 2.45) is 34.0 Å². The number of ketones is 2. The van der Waals surface area contributed by atoms with Crippen molar-refractivity contribution < 1.29 is 38.5 Å². The van der Waals surface area contributed by atoms with Crippen molar-refractivity contribution in [3.8, 4) is 0 Å². The minimum Gasteiger partial charge on any atom is -0.507 e. The van der Waals surface area contributed by atoms with Gasteiger partial charge in [0, 0.05) is 17.8 Å². The monoisotopic (exact) mass is 500 g/mol.